The summed E-state index contributed by atoms with van der Waals surface area (Å²) in [6.07, 6.45) is 18.4. The third kappa shape index (κ3) is 19.8. The average molecular weight is 563 g/mol. The van der Waals surface area contributed by atoms with Gasteiger partial charge < -0.3 is 10.1 Å². The highest BCUT2D eigenvalue weighted by Gasteiger charge is 2.23. The number of esters is 1. The van der Waals surface area contributed by atoms with Gasteiger partial charge in [0.05, 0.1) is 6.61 Å². The summed E-state index contributed by atoms with van der Waals surface area (Å²) in [6.45, 7) is 2.62. The SMILES string of the molecule is CCCCCCCCCCCC(=O)Nc1ccc(/C=C/C(=O)OCCCCCC[Si](Cl)(Cl)Cl)cc1. The van der Waals surface area contributed by atoms with E-state index in [0.717, 1.165) is 49.8 Å². The topological polar surface area (TPSA) is 55.4 Å². The van der Waals surface area contributed by atoms with Crippen LogP contribution in [0.15, 0.2) is 30.3 Å². The van der Waals surface area contributed by atoms with E-state index in [-0.39, 0.29) is 11.9 Å². The van der Waals surface area contributed by atoms with Crippen molar-refractivity contribution in [3.8, 4) is 0 Å². The number of hydrogen-bond donors (Lipinski definition) is 1. The number of benzene rings is 1. The predicted octanol–water partition coefficient (Wildman–Crippen LogP) is 9.32. The van der Waals surface area contributed by atoms with Crippen LogP contribution in [0.3, 0.4) is 0 Å². The molecule has 198 valence electrons. The van der Waals surface area contributed by atoms with E-state index in [1.807, 2.05) is 24.3 Å². The van der Waals surface area contributed by atoms with Crippen LogP contribution in [-0.2, 0) is 14.3 Å². The molecule has 35 heavy (non-hydrogen) atoms. The summed E-state index contributed by atoms with van der Waals surface area (Å²) in [5.74, 6) is -0.314. The second kappa shape index (κ2) is 20.1. The van der Waals surface area contributed by atoms with Crippen molar-refractivity contribution >= 4 is 62.9 Å². The van der Waals surface area contributed by atoms with E-state index in [1.165, 1.54) is 51.0 Å². The molecule has 0 aliphatic rings. The summed E-state index contributed by atoms with van der Waals surface area (Å²) in [4.78, 5) is 24.0. The van der Waals surface area contributed by atoms with Crippen LogP contribution in [-0.4, -0.2) is 24.5 Å². The molecule has 0 saturated heterocycles. The number of nitrogens with one attached hydrogen (secondary N) is 1. The van der Waals surface area contributed by atoms with Gasteiger partial charge in [0.2, 0.25) is 5.91 Å². The highest BCUT2D eigenvalue weighted by Crippen LogP contribution is 2.27. The van der Waals surface area contributed by atoms with E-state index in [4.69, 9.17) is 38.0 Å². The van der Waals surface area contributed by atoms with Crippen LogP contribution in [0, 0.1) is 0 Å². The van der Waals surface area contributed by atoms with Crippen LogP contribution in [0.4, 0.5) is 5.69 Å². The van der Waals surface area contributed by atoms with Gasteiger partial charge in [-0.1, -0.05) is 89.7 Å². The number of hydrogen-bond acceptors (Lipinski definition) is 3. The Balaban J connectivity index is 2.13. The van der Waals surface area contributed by atoms with Crippen molar-refractivity contribution in [1.82, 2.24) is 0 Å². The minimum absolute atomic E-state index is 0.0502. The Morgan fingerprint density at radius 3 is 2.03 bits per heavy atom. The van der Waals surface area contributed by atoms with Crippen molar-refractivity contribution in [2.45, 2.75) is 103 Å². The van der Waals surface area contributed by atoms with Crippen LogP contribution >= 0.6 is 33.2 Å². The van der Waals surface area contributed by atoms with E-state index in [0.29, 0.717) is 19.1 Å². The molecule has 0 aromatic heterocycles. The van der Waals surface area contributed by atoms with Gasteiger partial charge in [0.15, 0.2) is 0 Å². The molecule has 0 fully saturated rings. The van der Waals surface area contributed by atoms with Crippen molar-refractivity contribution in [3.63, 3.8) is 0 Å². The zero-order valence-corrected chi connectivity index (χ0v) is 24.4. The Bertz CT molecular complexity index is 736. The summed E-state index contributed by atoms with van der Waals surface area (Å²) >= 11 is 17.6. The molecule has 0 spiro atoms. The molecule has 0 radical (unpaired) electrons. The summed E-state index contributed by atoms with van der Waals surface area (Å²) in [6, 6.07) is 5.58. The van der Waals surface area contributed by atoms with Gasteiger partial charge in [-0.05, 0) is 42.7 Å². The minimum atomic E-state index is -2.51. The van der Waals surface area contributed by atoms with E-state index >= 15 is 0 Å². The standard InChI is InChI=1S/C27H42Cl3NO3Si/c1-2-3-4-5-6-7-8-9-12-15-26(32)31-25-19-16-24(17-20-25)18-21-27(33)34-22-13-10-11-14-23-35(28,29)30/h16-21H,2-15,22-23H2,1H3,(H,31,32)/b21-18+. The highest BCUT2D eigenvalue weighted by molar-refractivity contribution is 7.64. The third-order valence-corrected chi connectivity index (χ3v) is 8.33. The molecular formula is C27H42Cl3NO3Si. The summed E-state index contributed by atoms with van der Waals surface area (Å²) in [7, 11) is 0. The normalized spacial score (nSPS) is 11.7. The Kier molecular flexibility index (Phi) is 18.4. The maximum absolute atomic E-state index is 12.1. The van der Waals surface area contributed by atoms with Gasteiger partial charge in [-0.25, -0.2) is 4.79 Å². The van der Waals surface area contributed by atoms with Crippen molar-refractivity contribution < 1.29 is 14.3 Å². The fourth-order valence-electron chi connectivity index (χ4n) is 3.66. The van der Waals surface area contributed by atoms with Crippen LogP contribution in [0.1, 0.15) is 102 Å². The lowest BCUT2D eigenvalue weighted by Gasteiger charge is -2.07. The molecule has 8 heteroatoms. The number of carbonyl (C=O) groups excluding carboxylic acids is 2. The summed E-state index contributed by atoms with van der Waals surface area (Å²) in [5, 5.41) is 2.94. The van der Waals surface area contributed by atoms with Gasteiger partial charge in [0, 0.05) is 18.2 Å². The Labute approximate surface area is 227 Å². The molecule has 0 bridgehead atoms. The molecule has 0 aliphatic carbocycles. The molecule has 4 nitrogen and oxygen atoms in total. The molecule has 0 unspecified atom stereocenters. The van der Waals surface area contributed by atoms with Gasteiger partial charge >= 0.3 is 12.0 Å². The van der Waals surface area contributed by atoms with Crippen molar-refractivity contribution in [3.05, 3.63) is 35.9 Å². The van der Waals surface area contributed by atoms with Crippen LogP contribution in [0.5, 0.6) is 0 Å². The number of halogens is 3. The highest BCUT2D eigenvalue weighted by atomic mass is 35.8. The van der Waals surface area contributed by atoms with Crippen molar-refractivity contribution in [2.24, 2.45) is 0 Å². The van der Waals surface area contributed by atoms with Gasteiger partial charge in [-0.3, -0.25) is 4.79 Å². The number of amides is 1. The maximum atomic E-state index is 12.1. The molecule has 0 aliphatic heterocycles. The fraction of sp³-hybridized carbons (Fsp3) is 0.630. The lowest BCUT2D eigenvalue weighted by atomic mass is 10.1. The molecular weight excluding hydrogens is 521 g/mol. The Morgan fingerprint density at radius 2 is 1.40 bits per heavy atom. The molecule has 0 saturated carbocycles. The molecule has 1 aromatic carbocycles. The van der Waals surface area contributed by atoms with Gasteiger partial charge in [-0.15, -0.1) is 33.2 Å². The van der Waals surface area contributed by atoms with Gasteiger partial charge in [0.1, 0.15) is 0 Å². The largest absolute Gasteiger partial charge is 0.463 e. The van der Waals surface area contributed by atoms with E-state index < -0.39 is 6.00 Å². The first kappa shape index (κ1) is 32.0. The lowest BCUT2D eigenvalue weighted by molar-refractivity contribution is -0.137. The second-order valence-electron chi connectivity index (χ2n) is 9.03. The Morgan fingerprint density at radius 1 is 0.829 bits per heavy atom. The molecule has 1 rings (SSSR count). The van der Waals surface area contributed by atoms with Crippen molar-refractivity contribution in [1.29, 1.82) is 0 Å². The molecule has 0 heterocycles. The summed E-state index contributed by atoms with van der Waals surface area (Å²) < 4.78 is 5.22. The van der Waals surface area contributed by atoms with E-state index in [1.54, 1.807) is 6.08 Å². The quantitative estimate of drug-likeness (QED) is 0.0566. The first-order chi connectivity index (χ1) is 16.8. The molecule has 0 atom stereocenters. The second-order valence-corrected chi connectivity index (χ2v) is 18.3. The molecule has 1 N–H and O–H groups in total. The van der Waals surface area contributed by atoms with E-state index in [9.17, 15) is 9.59 Å². The van der Waals surface area contributed by atoms with Gasteiger partial charge in [0.25, 0.3) is 0 Å². The fourth-order valence-corrected chi connectivity index (χ4v) is 5.52. The van der Waals surface area contributed by atoms with Gasteiger partial charge in [-0.2, -0.15) is 0 Å². The summed E-state index contributed by atoms with van der Waals surface area (Å²) in [5.41, 5.74) is 1.64. The first-order valence-corrected chi connectivity index (χ1v) is 18.4. The minimum Gasteiger partial charge on any atom is -0.463 e. The maximum Gasteiger partial charge on any atom is 0.341 e. The molecule has 1 amide bonds. The van der Waals surface area contributed by atoms with Crippen LogP contribution in [0.25, 0.3) is 6.08 Å². The average Bonchev–Trinajstić information content (AvgIpc) is 2.81. The predicted molar refractivity (Wildman–Crippen MR) is 153 cm³/mol. The first-order valence-electron chi connectivity index (χ1n) is 13.1. The smallest absolute Gasteiger partial charge is 0.341 e. The van der Waals surface area contributed by atoms with E-state index in [2.05, 4.69) is 12.2 Å². The number of rotatable bonds is 20. The number of carbonyl (C=O) groups is 2. The number of ether oxygens (including phenoxy) is 1. The number of anilines is 1. The zero-order valence-electron chi connectivity index (χ0n) is 21.1. The number of unbranched alkanes of at least 4 members (excludes halogenated alkanes) is 11. The van der Waals surface area contributed by atoms with Crippen molar-refractivity contribution in [2.75, 3.05) is 11.9 Å². The van der Waals surface area contributed by atoms with Crippen LogP contribution < -0.4 is 5.32 Å². The lowest BCUT2D eigenvalue weighted by Crippen LogP contribution is -2.10. The third-order valence-electron chi connectivity index (χ3n) is 5.71. The monoisotopic (exact) mass is 561 g/mol. The van der Waals surface area contributed by atoms with Crippen LogP contribution in [0.2, 0.25) is 6.04 Å². The zero-order chi connectivity index (χ0) is 25.8. The molecule has 1 aromatic rings. The Hall–Kier alpha value is -1.01.